The maximum absolute atomic E-state index is 11.2. The summed E-state index contributed by atoms with van der Waals surface area (Å²) in [7, 11) is 4.15. The van der Waals surface area contributed by atoms with Gasteiger partial charge in [0.15, 0.2) is 6.29 Å². The van der Waals surface area contributed by atoms with Gasteiger partial charge >= 0.3 is 0 Å². The lowest BCUT2D eigenvalue weighted by molar-refractivity contribution is 0.112. The van der Waals surface area contributed by atoms with Crippen molar-refractivity contribution in [3.8, 4) is 0 Å². The summed E-state index contributed by atoms with van der Waals surface area (Å²) < 4.78 is 0. The number of aromatic amines is 1. The fourth-order valence-electron chi connectivity index (χ4n) is 1.92. The molecule has 2 aromatic rings. The van der Waals surface area contributed by atoms with Crippen molar-refractivity contribution in [2.24, 2.45) is 0 Å². The molecule has 0 atom stereocenters. The number of hydrogen-bond acceptors (Lipinski definition) is 3. The zero-order valence-electron chi connectivity index (χ0n) is 10.8. The Balaban J connectivity index is 2.10. The van der Waals surface area contributed by atoms with Crippen LogP contribution in [0.25, 0.3) is 10.9 Å². The molecule has 0 amide bonds. The Bertz CT molecular complexity index is 534. The molecular weight excluding hydrogens is 244 g/mol. The summed E-state index contributed by atoms with van der Waals surface area (Å²) >= 11 is 1.73. The van der Waals surface area contributed by atoms with Gasteiger partial charge in [0, 0.05) is 16.7 Å². The molecule has 0 saturated carbocycles. The van der Waals surface area contributed by atoms with E-state index >= 15 is 0 Å². The first-order chi connectivity index (χ1) is 8.72. The third-order valence-corrected chi connectivity index (χ3v) is 3.93. The van der Waals surface area contributed by atoms with E-state index in [1.54, 1.807) is 11.8 Å². The molecule has 0 fully saturated rings. The average molecular weight is 262 g/mol. The molecule has 0 unspecified atom stereocenters. The molecule has 1 aromatic carbocycles. The standard InChI is InChI=1S/C14H18N2OS/c1-16(2)8-5-9-18-14-12(10-17)11-6-3-4-7-13(11)15-14/h3-4,6-7,10,15H,5,8-9H2,1-2H3. The molecule has 0 radical (unpaired) electrons. The van der Waals surface area contributed by atoms with Crippen LogP contribution in [0.1, 0.15) is 16.8 Å². The Labute approximate surface area is 112 Å². The topological polar surface area (TPSA) is 36.1 Å². The molecule has 1 N–H and O–H groups in total. The fraction of sp³-hybridized carbons (Fsp3) is 0.357. The van der Waals surface area contributed by atoms with Crippen LogP contribution in [0.4, 0.5) is 0 Å². The zero-order chi connectivity index (χ0) is 13.0. The number of H-pyrrole nitrogens is 1. The van der Waals surface area contributed by atoms with E-state index in [0.29, 0.717) is 0 Å². The molecule has 0 aliphatic rings. The molecule has 0 saturated heterocycles. The lowest BCUT2D eigenvalue weighted by Crippen LogP contribution is -2.13. The van der Waals surface area contributed by atoms with Gasteiger partial charge in [-0.05, 0) is 33.1 Å². The van der Waals surface area contributed by atoms with Crippen molar-refractivity contribution in [1.29, 1.82) is 0 Å². The highest BCUT2D eigenvalue weighted by molar-refractivity contribution is 7.99. The summed E-state index contributed by atoms with van der Waals surface area (Å²) in [5.41, 5.74) is 1.83. The van der Waals surface area contributed by atoms with Crippen molar-refractivity contribution in [3.05, 3.63) is 29.8 Å². The van der Waals surface area contributed by atoms with E-state index in [1.165, 1.54) is 0 Å². The molecule has 4 heteroatoms. The highest BCUT2D eigenvalue weighted by Gasteiger charge is 2.10. The zero-order valence-corrected chi connectivity index (χ0v) is 11.6. The van der Waals surface area contributed by atoms with Gasteiger partial charge in [-0.25, -0.2) is 0 Å². The molecule has 2 rings (SSSR count). The van der Waals surface area contributed by atoms with Gasteiger partial charge in [0.05, 0.1) is 10.6 Å². The maximum atomic E-state index is 11.2. The van der Waals surface area contributed by atoms with Crippen molar-refractivity contribution in [3.63, 3.8) is 0 Å². The molecule has 0 aliphatic carbocycles. The van der Waals surface area contributed by atoms with E-state index in [9.17, 15) is 4.79 Å². The van der Waals surface area contributed by atoms with Crippen LogP contribution in [0.3, 0.4) is 0 Å². The summed E-state index contributed by atoms with van der Waals surface area (Å²) in [6.45, 7) is 1.07. The fourth-order valence-corrected chi connectivity index (χ4v) is 2.90. The van der Waals surface area contributed by atoms with Crippen molar-refractivity contribution in [2.45, 2.75) is 11.4 Å². The van der Waals surface area contributed by atoms with Crippen LogP contribution in [0.2, 0.25) is 0 Å². The second-order valence-corrected chi connectivity index (χ2v) is 5.64. The van der Waals surface area contributed by atoms with Gasteiger partial charge in [0.2, 0.25) is 0 Å². The molecule has 18 heavy (non-hydrogen) atoms. The van der Waals surface area contributed by atoms with Crippen LogP contribution in [0.15, 0.2) is 29.3 Å². The number of benzene rings is 1. The molecule has 0 aliphatic heterocycles. The number of aldehydes is 1. The van der Waals surface area contributed by atoms with Gasteiger partial charge in [-0.2, -0.15) is 0 Å². The Morgan fingerprint density at radius 2 is 2.11 bits per heavy atom. The quantitative estimate of drug-likeness (QED) is 0.494. The smallest absolute Gasteiger partial charge is 0.153 e. The molecule has 0 spiro atoms. The highest BCUT2D eigenvalue weighted by Crippen LogP contribution is 2.28. The van der Waals surface area contributed by atoms with E-state index < -0.39 is 0 Å². The van der Waals surface area contributed by atoms with Gasteiger partial charge in [-0.15, -0.1) is 11.8 Å². The summed E-state index contributed by atoms with van der Waals surface area (Å²) in [5, 5.41) is 2.01. The average Bonchev–Trinajstić information content (AvgIpc) is 2.71. The van der Waals surface area contributed by atoms with Crippen molar-refractivity contribution < 1.29 is 4.79 Å². The van der Waals surface area contributed by atoms with E-state index in [-0.39, 0.29) is 0 Å². The van der Waals surface area contributed by atoms with Crippen molar-refractivity contribution in [2.75, 3.05) is 26.4 Å². The number of aromatic nitrogens is 1. The lowest BCUT2D eigenvalue weighted by Gasteiger charge is -2.08. The van der Waals surface area contributed by atoms with Crippen LogP contribution < -0.4 is 0 Å². The van der Waals surface area contributed by atoms with Crippen LogP contribution in [-0.4, -0.2) is 42.6 Å². The lowest BCUT2D eigenvalue weighted by atomic mass is 10.2. The van der Waals surface area contributed by atoms with E-state index in [2.05, 4.69) is 24.0 Å². The van der Waals surface area contributed by atoms with Gasteiger partial charge in [-0.1, -0.05) is 18.2 Å². The second kappa shape index (κ2) is 6.07. The van der Waals surface area contributed by atoms with Gasteiger partial charge < -0.3 is 9.88 Å². The Morgan fingerprint density at radius 3 is 2.83 bits per heavy atom. The largest absolute Gasteiger partial charge is 0.349 e. The number of rotatable bonds is 6. The van der Waals surface area contributed by atoms with Crippen molar-refractivity contribution >= 4 is 29.0 Å². The number of hydrogen-bond donors (Lipinski definition) is 1. The normalized spacial score (nSPS) is 11.3. The second-order valence-electron chi connectivity index (χ2n) is 4.54. The molecule has 3 nitrogen and oxygen atoms in total. The monoisotopic (exact) mass is 262 g/mol. The molecule has 1 aromatic heterocycles. The van der Waals surface area contributed by atoms with Crippen LogP contribution in [0.5, 0.6) is 0 Å². The van der Waals surface area contributed by atoms with Gasteiger partial charge in [0.25, 0.3) is 0 Å². The Kier molecular flexibility index (Phi) is 4.44. The Morgan fingerprint density at radius 1 is 1.33 bits per heavy atom. The predicted molar refractivity (Wildman–Crippen MR) is 77.6 cm³/mol. The molecule has 96 valence electrons. The third-order valence-electron chi connectivity index (χ3n) is 2.82. The summed E-state index contributed by atoms with van der Waals surface area (Å²) in [5.74, 6) is 1.02. The first-order valence-electron chi connectivity index (χ1n) is 6.06. The number of fused-ring (bicyclic) bond motifs is 1. The minimum absolute atomic E-state index is 0.792. The van der Waals surface area contributed by atoms with Crippen LogP contribution in [0, 0.1) is 0 Å². The Hall–Kier alpha value is -1.26. The highest BCUT2D eigenvalue weighted by atomic mass is 32.2. The molecule has 1 heterocycles. The van der Waals surface area contributed by atoms with E-state index in [0.717, 1.165) is 46.5 Å². The SMILES string of the molecule is CN(C)CCCSc1[nH]c2ccccc2c1C=O. The summed E-state index contributed by atoms with van der Waals surface area (Å²) in [6, 6.07) is 7.93. The first kappa shape index (κ1) is 13.2. The number of nitrogens with one attached hydrogen (secondary N) is 1. The predicted octanol–water partition coefficient (Wildman–Crippen LogP) is 3.02. The van der Waals surface area contributed by atoms with E-state index in [4.69, 9.17) is 0 Å². The van der Waals surface area contributed by atoms with Gasteiger partial charge in [-0.3, -0.25) is 4.79 Å². The number of para-hydroxylation sites is 1. The first-order valence-corrected chi connectivity index (χ1v) is 7.04. The summed E-state index contributed by atoms with van der Waals surface area (Å²) in [6.07, 6.45) is 2.07. The van der Waals surface area contributed by atoms with Gasteiger partial charge in [0.1, 0.15) is 0 Å². The van der Waals surface area contributed by atoms with E-state index in [1.807, 2.05) is 24.3 Å². The van der Waals surface area contributed by atoms with Crippen LogP contribution in [-0.2, 0) is 0 Å². The molecule has 0 bridgehead atoms. The molecular formula is C14H18N2OS. The third kappa shape index (κ3) is 2.94. The van der Waals surface area contributed by atoms with Crippen LogP contribution >= 0.6 is 11.8 Å². The van der Waals surface area contributed by atoms with Crippen molar-refractivity contribution in [1.82, 2.24) is 9.88 Å². The minimum Gasteiger partial charge on any atom is -0.349 e. The number of thioether (sulfide) groups is 1. The number of nitrogens with zero attached hydrogens (tertiary/aromatic N) is 1. The summed E-state index contributed by atoms with van der Waals surface area (Å²) in [4.78, 5) is 16.7. The maximum Gasteiger partial charge on any atom is 0.153 e. The number of carbonyl (C=O) groups excluding carboxylic acids is 1. The minimum atomic E-state index is 0.792. The number of carbonyl (C=O) groups is 1.